The van der Waals surface area contributed by atoms with Crippen molar-refractivity contribution in [1.82, 2.24) is 0 Å². The van der Waals surface area contributed by atoms with Crippen molar-refractivity contribution in [2.24, 2.45) is 0 Å². The highest BCUT2D eigenvalue weighted by molar-refractivity contribution is 6.51. The summed E-state index contributed by atoms with van der Waals surface area (Å²) in [6.07, 6.45) is 0.833. The number of hydrogen-bond acceptors (Lipinski definition) is 4. The van der Waals surface area contributed by atoms with Gasteiger partial charge < -0.3 is 9.84 Å². The summed E-state index contributed by atoms with van der Waals surface area (Å²) in [5.41, 5.74) is 2.42. The first-order chi connectivity index (χ1) is 15.4. The predicted octanol–water partition coefficient (Wildman–Crippen LogP) is 5.02. The van der Waals surface area contributed by atoms with Crippen LogP contribution in [0.1, 0.15) is 29.7 Å². The lowest BCUT2D eigenvalue weighted by molar-refractivity contribution is -0.132. The van der Waals surface area contributed by atoms with Crippen LogP contribution in [0.4, 0.5) is 10.1 Å². The van der Waals surface area contributed by atoms with E-state index in [1.165, 1.54) is 36.3 Å². The summed E-state index contributed by atoms with van der Waals surface area (Å²) in [6, 6.07) is 18.5. The Morgan fingerprint density at radius 3 is 2.34 bits per heavy atom. The van der Waals surface area contributed by atoms with Crippen LogP contribution in [0.5, 0.6) is 5.75 Å². The van der Waals surface area contributed by atoms with Crippen LogP contribution < -0.4 is 9.64 Å². The number of ketones is 1. The largest absolute Gasteiger partial charge is 0.507 e. The van der Waals surface area contributed by atoms with Crippen LogP contribution in [-0.2, 0) is 16.0 Å². The number of Topliss-reactive ketones (excluding diaryl/α,β-unsaturated/α-hetero) is 1. The van der Waals surface area contributed by atoms with Gasteiger partial charge >= 0.3 is 0 Å². The molecule has 1 atom stereocenters. The van der Waals surface area contributed by atoms with E-state index in [4.69, 9.17) is 4.74 Å². The molecule has 1 heterocycles. The molecule has 32 heavy (non-hydrogen) atoms. The predicted molar refractivity (Wildman–Crippen MR) is 120 cm³/mol. The van der Waals surface area contributed by atoms with Gasteiger partial charge in [0.05, 0.1) is 18.7 Å². The molecule has 1 fully saturated rings. The van der Waals surface area contributed by atoms with Gasteiger partial charge in [0, 0.05) is 11.3 Å². The van der Waals surface area contributed by atoms with Crippen molar-refractivity contribution in [3.63, 3.8) is 0 Å². The van der Waals surface area contributed by atoms with Crippen molar-refractivity contribution < 1.29 is 23.8 Å². The van der Waals surface area contributed by atoms with E-state index in [9.17, 15) is 19.1 Å². The Labute approximate surface area is 185 Å². The van der Waals surface area contributed by atoms with Crippen molar-refractivity contribution in [2.45, 2.75) is 19.4 Å². The number of hydrogen-bond donors (Lipinski definition) is 1. The fourth-order valence-electron chi connectivity index (χ4n) is 3.88. The number of aliphatic hydroxyl groups is 1. The van der Waals surface area contributed by atoms with Gasteiger partial charge in [0.15, 0.2) is 0 Å². The number of rotatable bonds is 5. The van der Waals surface area contributed by atoms with Crippen molar-refractivity contribution in [2.75, 3.05) is 12.0 Å². The Morgan fingerprint density at radius 2 is 1.72 bits per heavy atom. The number of carbonyl (C=O) groups excluding carboxylic acids is 2. The third kappa shape index (κ3) is 3.75. The molecule has 4 rings (SSSR count). The van der Waals surface area contributed by atoms with Crippen LogP contribution in [0, 0.1) is 5.82 Å². The summed E-state index contributed by atoms with van der Waals surface area (Å²) in [6.45, 7) is 2.02. The second kappa shape index (κ2) is 8.67. The Hall–Kier alpha value is -3.93. The van der Waals surface area contributed by atoms with Crippen LogP contribution in [-0.4, -0.2) is 23.9 Å². The number of halogens is 1. The number of aryl methyl sites for hydroxylation is 1. The average molecular weight is 431 g/mol. The van der Waals surface area contributed by atoms with Crippen LogP contribution in [0.15, 0.2) is 78.4 Å². The molecular formula is C26H22FNO4. The number of nitrogens with zero attached hydrogens (tertiary/aromatic N) is 1. The molecule has 0 bridgehead atoms. The van der Waals surface area contributed by atoms with Crippen molar-refractivity contribution in [1.29, 1.82) is 0 Å². The number of methoxy groups -OCH3 is 1. The molecule has 0 radical (unpaired) electrons. The van der Waals surface area contributed by atoms with E-state index in [0.29, 0.717) is 22.6 Å². The minimum Gasteiger partial charge on any atom is -0.507 e. The highest BCUT2D eigenvalue weighted by atomic mass is 19.1. The van der Waals surface area contributed by atoms with Crippen LogP contribution in [0.3, 0.4) is 0 Å². The van der Waals surface area contributed by atoms with Gasteiger partial charge in [-0.25, -0.2) is 4.39 Å². The molecule has 0 aromatic heterocycles. The summed E-state index contributed by atoms with van der Waals surface area (Å²) >= 11 is 0. The Balaban J connectivity index is 1.92. The molecule has 1 N–H and O–H groups in total. The lowest BCUT2D eigenvalue weighted by Crippen LogP contribution is -2.29. The van der Waals surface area contributed by atoms with Gasteiger partial charge in [0.2, 0.25) is 0 Å². The Morgan fingerprint density at radius 1 is 1.03 bits per heavy atom. The van der Waals surface area contributed by atoms with Gasteiger partial charge in [0.25, 0.3) is 11.7 Å². The average Bonchev–Trinajstić information content (AvgIpc) is 3.09. The minimum absolute atomic E-state index is 0.0307. The van der Waals surface area contributed by atoms with E-state index in [0.717, 1.165) is 12.0 Å². The number of carbonyl (C=O) groups is 2. The van der Waals surface area contributed by atoms with E-state index < -0.39 is 23.5 Å². The fourth-order valence-corrected chi connectivity index (χ4v) is 3.88. The van der Waals surface area contributed by atoms with Crippen LogP contribution in [0.25, 0.3) is 5.76 Å². The highest BCUT2D eigenvalue weighted by Gasteiger charge is 2.47. The molecule has 1 unspecified atom stereocenters. The maximum absolute atomic E-state index is 13.5. The van der Waals surface area contributed by atoms with Crippen molar-refractivity contribution >= 4 is 23.1 Å². The van der Waals surface area contributed by atoms with E-state index in [1.807, 2.05) is 19.1 Å². The maximum atomic E-state index is 13.5. The van der Waals surface area contributed by atoms with Gasteiger partial charge in [-0.15, -0.1) is 0 Å². The third-order valence-corrected chi connectivity index (χ3v) is 5.59. The Kier molecular flexibility index (Phi) is 5.77. The highest BCUT2D eigenvalue weighted by Crippen LogP contribution is 2.42. The SMILES string of the molecule is CCc1ccc(/C(O)=C2/C(=O)C(=O)N(c3ccc(F)cc3)C2c2cccc(OC)c2)cc1. The smallest absolute Gasteiger partial charge is 0.300 e. The molecule has 1 aliphatic rings. The molecule has 1 saturated heterocycles. The standard InChI is InChI=1S/C26H22FNO4/c1-3-16-7-9-17(10-8-16)24(29)22-23(18-5-4-6-21(15-18)32-2)28(26(31)25(22)30)20-13-11-19(27)12-14-20/h4-15,23,29H,3H2,1-2H3/b24-22-. The second-order valence-corrected chi connectivity index (χ2v) is 7.47. The van der Waals surface area contributed by atoms with E-state index in [1.54, 1.807) is 36.4 Å². The molecule has 6 heteroatoms. The second-order valence-electron chi connectivity index (χ2n) is 7.47. The summed E-state index contributed by atoms with van der Waals surface area (Å²) in [5, 5.41) is 11.1. The number of aliphatic hydroxyl groups excluding tert-OH is 1. The van der Waals surface area contributed by atoms with E-state index in [-0.39, 0.29) is 11.3 Å². The van der Waals surface area contributed by atoms with Crippen LogP contribution >= 0.6 is 0 Å². The summed E-state index contributed by atoms with van der Waals surface area (Å²) in [5.74, 6) is -1.78. The minimum atomic E-state index is -0.901. The topological polar surface area (TPSA) is 66.8 Å². The van der Waals surface area contributed by atoms with Crippen molar-refractivity contribution in [3.05, 3.63) is 101 Å². The quantitative estimate of drug-likeness (QED) is 0.350. The van der Waals surface area contributed by atoms with E-state index in [2.05, 4.69) is 0 Å². The molecule has 1 amide bonds. The van der Waals surface area contributed by atoms with E-state index >= 15 is 0 Å². The summed E-state index contributed by atoms with van der Waals surface area (Å²) < 4.78 is 18.8. The molecule has 5 nitrogen and oxygen atoms in total. The zero-order chi connectivity index (χ0) is 22.8. The molecule has 0 aliphatic carbocycles. The number of ether oxygens (including phenoxy) is 1. The Bertz CT molecular complexity index is 1200. The van der Waals surface area contributed by atoms with Gasteiger partial charge in [-0.2, -0.15) is 0 Å². The molecule has 1 aliphatic heterocycles. The zero-order valence-corrected chi connectivity index (χ0v) is 17.7. The maximum Gasteiger partial charge on any atom is 0.300 e. The molecule has 0 saturated carbocycles. The zero-order valence-electron chi connectivity index (χ0n) is 17.7. The fraction of sp³-hybridized carbons (Fsp3) is 0.154. The van der Waals surface area contributed by atoms with Crippen LogP contribution in [0.2, 0.25) is 0 Å². The first-order valence-corrected chi connectivity index (χ1v) is 10.2. The van der Waals surface area contributed by atoms with Crippen molar-refractivity contribution in [3.8, 4) is 5.75 Å². The lowest BCUT2D eigenvalue weighted by atomic mass is 9.94. The number of benzene rings is 3. The normalized spacial score (nSPS) is 17.6. The molecule has 3 aromatic rings. The monoisotopic (exact) mass is 431 g/mol. The van der Waals surface area contributed by atoms with Gasteiger partial charge in [0.1, 0.15) is 17.3 Å². The van der Waals surface area contributed by atoms with Gasteiger partial charge in [-0.05, 0) is 53.9 Å². The van der Waals surface area contributed by atoms with Gasteiger partial charge in [-0.1, -0.05) is 43.3 Å². The number of anilines is 1. The first kappa shape index (κ1) is 21.3. The lowest BCUT2D eigenvalue weighted by Gasteiger charge is -2.25. The van der Waals surface area contributed by atoms with Gasteiger partial charge in [-0.3, -0.25) is 14.5 Å². The number of amides is 1. The molecular weight excluding hydrogens is 409 g/mol. The first-order valence-electron chi connectivity index (χ1n) is 10.2. The summed E-state index contributed by atoms with van der Waals surface area (Å²) in [7, 11) is 1.52. The summed E-state index contributed by atoms with van der Waals surface area (Å²) in [4.78, 5) is 27.5. The molecule has 162 valence electrons. The molecule has 3 aromatic carbocycles. The third-order valence-electron chi connectivity index (χ3n) is 5.59. The molecule has 0 spiro atoms.